The molecule has 0 saturated carbocycles. The Morgan fingerprint density at radius 1 is 1.44 bits per heavy atom. The predicted molar refractivity (Wildman–Crippen MR) is 70.9 cm³/mol. The Labute approximate surface area is 104 Å². The second-order valence-corrected chi connectivity index (χ2v) is 5.88. The molecule has 0 radical (unpaired) electrons. The molecule has 0 aliphatic rings. The second-order valence-electron chi connectivity index (χ2n) is 4.60. The standard InChI is InChI=1S/C12H25NO2S/c1-7-15-11(14)12(5,13-9(2)3)8-10(4)16-6/h9-10,13H,7-8H2,1-6H3. The molecule has 0 bridgehead atoms. The molecular formula is C12H25NO2S. The first-order chi connectivity index (χ1) is 7.35. The van der Waals surface area contributed by atoms with Gasteiger partial charge >= 0.3 is 5.97 Å². The van der Waals surface area contributed by atoms with Crippen LogP contribution in [0.25, 0.3) is 0 Å². The summed E-state index contributed by atoms with van der Waals surface area (Å²) in [6.07, 6.45) is 2.84. The highest BCUT2D eigenvalue weighted by molar-refractivity contribution is 7.99. The Hall–Kier alpha value is -0.220. The number of carbonyl (C=O) groups excluding carboxylic acids is 1. The molecule has 0 aliphatic carbocycles. The SMILES string of the molecule is CCOC(=O)C(C)(CC(C)SC)NC(C)C. The number of ether oxygens (including phenoxy) is 1. The zero-order valence-electron chi connectivity index (χ0n) is 11.3. The molecule has 0 aliphatic heterocycles. The van der Waals surface area contributed by atoms with Gasteiger partial charge in [-0.3, -0.25) is 10.1 Å². The molecule has 4 heteroatoms. The maximum atomic E-state index is 12.0. The van der Waals surface area contributed by atoms with Gasteiger partial charge in [-0.15, -0.1) is 0 Å². The molecule has 0 saturated heterocycles. The van der Waals surface area contributed by atoms with Gasteiger partial charge in [-0.1, -0.05) is 6.92 Å². The van der Waals surface area contributed by atoms with E-state index in [1.165, 1.54) is 0 Å². The average molecular weight is 247 g/mol. The molecule has 2 unspecified atom stereocenters. The lowest BCUT2D eigenvalue weighted by molar-refractivity contribution is -0.151. The van der Waals surface area contributed by atoms with Crippen molar-refractivity contribution in [2.45, 2.75) is 57.9 Å². The van der Waals surface area contributed by atoms with Gasteiger partial charge in [0.2, 0.25) is 0 Å². The average Bonchev–Trinajstić information content (AvgIpc) is 2.16. The Morgan fingerprint density at radius 2 is 2.00 bits per heavy atom. The highest BCUT2D eigenvalue weighted by Crippen LogP contribution is 2.22. The van der Waals surface area contributed by atoms with Crippen molar-refractivity contribution < 1.29 is 9.53 Å². The van der Waals surface area contributed by atoms with Gasteiger partial charge in [0, 0.05) is 11.3 Å². The maximum Gasteiger partial charge on any atom is 0.326 e. The fourth-order valence-electron chi connectivity index (χ4n) is 1.79. The molecule has 96 valence electrons. The van der Waals surface area contributed by atoms with Gasteiger partial charge in [0.05, 0.1) is 6.61 Å². The van der Waals surface area contributed by atoms with E-state index >= 15 is 0 Å². The summed E-state index contributed by atoms with van der Waals surface area (Å²) in [6, 6.07) is 0.267. The van der Waals surface area contributed by atoms with Crippen molar-refractivity contribution in [1.82, 2.24) is 5.32 Å². The Kier molecular flexibility index (Phi) is 7.07. The van der Waals surface area contributed by atoms with E-state index in [1.807, 2.05) is 27.7 Å². The normalized spacial score (nSPS) is 16.9. The van der Waals surface area contributed by atoms with Crippen LogP contribution in [0.4, 0.5) is 0 Å². The smallest absolute Gasteiger partial charge is 0.326 e. The van der Waals surface area contributed by atoms with E-state index < -0.39 is 5.54 Å². The first-order valence-electron chi connectivity index (χ1n) is 5.83. The van der Waals surface area contributed by atoms with Crippen molar-refractivity contribution in [2.75, 3.05) is 12.9 Å². The zero-order chi connectivity index (χ0) is 12.8. The van der Waals surface area contributed by atoms with Gasteiger partial charge in [0.1, 0.15) is 5.54 Å². The third-order valence-corrected chi connectivity index (χ3v) is 3.40. The first-order valence-corrected chi connectivity index (χ1v) is 7.12. The van der Waals surface area contributed by atoms with Gasteiger partial charge in [-0.25, -0.2) is 0 Å². The number of carbonyl (C=O) groups is 1. The molecule has 0 heterocycles. The third-order valence-electron chi connectivity index (χ3n) is 2.43. The lowest BCUT2D eigenvalue weighted by Gasteiger charge is -2.32. The summed E-state index contributed by atoms with van der Waals surface area (Å²) in [5.41, 5.74) is -0.577. The molecule has 2 atom stereocenters. The molecule has 0 aromatic rings. The molecule has 0 aromatic carbocycles. The number of nitrogens with one attached hydrogen (secondary N) is 1. The molecule has 0 aromatic heterocycles. The van der Waals surface area contributed by atoms with Gasteiger partial charge in [0.25, 0.3) is 0 Å². The number of esters is 1. The predicted octanol–water partition coefficient (Wildman–Crippen LogP) is 2.45. The lowest BCUT2D eigenvalue weighted by Crippen LogP contribution is -2.54. The minimum Gasteiger partial charge on any atom is -0.465 e. The molecule has 3 nitrogen and oxygen atoms in total. The van der Waals surface area contributed by atoms with Crippen LogP contribution in [0.15, 0.2) is 0 Å². The van der Waals surface area contributed by atoms with Crippen molar-refractivity contribution in [3.8, 4) is 0 Å². The Balaban J connectivity index is 4.66. The minimum absolute atomic E-state index is 0.149. The van der Waals surface area contributed by atoms with Gasteiger partial charge in [-0.2, -0.15) is 11.8 Å². The summed E-state index contributed by atoms with van der Waals surface area (Å²) in [5.74, 6) is -0.149. The highest BCUT2D eigenvalue weighted by Gasteiger charge is 2.36. The number of hydrogen-bond acceptors (Lipinski definition) is 4. The lowest BCUT2D eigenvalue weighted by atomic mass is 9.95. The van der Waals surface area contributed by atoms with Crippen LogP contribution in [0.3, 0.4) is 0 Å². The summed E-state index contributed by atoms with van der Waals surface area (Å²) in [4.78, 5) is 12.0. The van der Waals surface area contributed by atoms with Crippen molar-refractivity contribution in [1.29, 1.82) is 0 Å². The van der Waals surface area contributed by atoms with E-state index in [-0.39, 0.29) is 12.0 Å². The van der Waals surface area contributed by atoms with Crippen molar-refractivity contribution >= 4 is 17.7 Å². The van der Waals surface area contributed by atoms with E-state index in [0.29, 0.717) is 11.9 Å². The van der Waals surface area contributed by atoms with Crippen molar-refractivity contribution in [3.63, 3.8) is 0 Å². The fraction of sp³-hybridized carbons (Fsp3) is 0.917. The van der Waals surface area contributed by atoms with Crippen LogP contribution in [-0.4, -0.2) is 35.7 Å². The molecule has 0 rings (SSSR count). The molecule has 0 fully saturated rings. The fourth-order valence-corrected chi connectivity index (χ4v) is 2.29. The zero-order valence-corrected chi connectivity index (χ0v) is 12.1. The molecular weight excluding hydrogens is 222 g/mol. The van der Waals surface area contributed by atoms with E-state index in [9.17, 15) is 4.79 Å². The summed E-state index contributed by atoms with van der Waals surface area (Å²) in [7, 11) is 0. The van der Waals surface area contributed by atoms with E-state index in [1.54, 1.807) is 11.8 Å². The van der Waals surface area contributed by atoms with E-state index in [4.69, 9.17) is 4.74 Å². The minimum atomic E-state index is -0.577. The second kappa shape index (κ2) is 7.17. The number of thioether (sulfide) groups is 1. The molecule has 16 heavy (non-hydrogen) atoms. The van der Waals surface area contributed by atoms with Gasteiger partial charge in [0.15, 0.2) is 0 Å². The third kappa shape index (κ3) is 5.21. The number of rotatable bonds is 7. The van der Waals surface area contributed by atoms with Crippen LogP contribution in [0.5, 0.6) is 0 Å². The largest absolute Gasteiger partial charge is 0.465 e. The van der Waals surface area contributed by atoms with Crippen LogP contribution >= 0.6 is 11.8 Å². The first kappa shape index (κ1) is 15.8. The van der Waals surface area contributed by atoms with Gasteiger partial charge in [-0.05, 0) is 40.4 Å². The topological polar surface area (TPSA) is 38.3 Å². The summed E-state index contributed by atoms with van der Waals surface area (Å²) < 4.78 is 5.14. The summed E-state index contributed by atoms with van der Waals surface area (Å²) in [5, 5.41) is 3.75. The number of hydrogen-bond donors (Lipinski definition) is 1. The van der Waals surface area contributed by atoms with Crippen LogP contribution in [0.2, 0.25) is 0 Å². The monoisotopic (exact) mass is 247 g/mol. The van der Waals surface area contributed by atoms with E-state index in [2.05, 4.69) is 18.5 Å². The van der Waals surface area contributed by atoms with Crippen LogP contribution in [0, 0.1) is 0 Å². The summed E-state index contributed by atoms with van der Waals surface area (Å²) in [6.45, 7) is 10.4. The molecule has 0 spiro atoms. The Morgan fingerprint density at radius 3 is 2.38 bits per heavy atom. The van der Waals surface area contributed by atoms with Gasteiger partial charge < -0.3 is 4.74 Å². The maximum absolute atomic E-state index is 12.0. The molecule has 1 N–H and O–H groups in total. The van der Waals surface area contributed by atoms with Crippen LogP contribution in [0.1, 0.15) is 41.0 Å². The van der Waals surface area contributed by atoms with E-state index in [0.717, 1.165) is 6.42 Å². The van der Waals surface area contributed by atoms with Crippen LogP contribution in [-0.2, 0) is 9.53 Å². The quantitative estimate of drug-likeness (QED) is 0.701. The van der Waals surface area contributed by atoms with Crippen molar-refractivity contribution in [2.24, 2.45) is 0 Å². The van der Waals surface area contributed by atoms with Crippen molar-refractivity contribution in [3.05, 3.63) is 0 Å². The van der Waals surface area contributed by atoms with Crippen LogP contribution < -0.4 is 5.32 Å². The highest BCUT2D eigenvalue weighted by atomic mass is 32.2. The Bertz CT molecular complexity index is 221. The summed E-state index contributed by atoms with van der Waals surface area (Å²) >= 11 is 1.77. The molecule has 0 amide bonds.